The molecule has 62 valence electrons. The van der Waals surface area contributed by atoms with E-state index >= 15 is 0 Å². The van der Waals surface area contributed by atoms with E-state index in [1.807, 2.05) is 0 Å². The molecule has 0 amide bonds. The monoisotopic (exact) mass is 201 g/mol. The molecule has 1 aromatic heterocycles. The Hall–Kier alpha value is -0.820. The van der Waals surface area contributed by atoms with Crippen LogP contribution in [0, 0.1) is 11.8 Å². The number of nitrogens with zero attached hydrogens (tertiary/aromatic N) is 2. The molecule has 0 bridgehead atoms. The minimum atomic E-state index is 0.126. The Labute approximate surface area is 79.9 Å². The largest absolute Gasteiger partial charge is 0.320 e. The van der Waals surface area contributed by atoms with Crippen molar-refractivity contribution in [2.45, 2.75) is 0 Å². The fraction of sp³-hybridized carbons (Fsp3) is 0.143. The molecule has 0 aromatic carbocycles. The van der Waals surface area contributed by atoms with Crippen molar-refractivity contribution in [3.8, 4) is 11.8 Å². The van der Waals surface area contributed by atoms with Crippen LogP contribution in [-0.4, -0.2) is 16.5 Å². The summed E-state index contributed by atoms with van der Waals surface area (Å²) in [5, 5.41) is 0.501. The fourth-order valence-electron chi connectivity index (χ4n) is 0.568. The molecule has 0 radical (unpaired) electrons. The summed E-state index contributed by atoms with van der Waals surface area (Å²) in [4.78, 5) is 7.47. The second-order valence-corrected chi connectivity index (χ2v) is 2.59. The maximum atomic E-state index is 5.70. The van der Waals surface area contributed by atoms with Crippen molar-refractivity contribution in [1.29, 1.82) is 0 Å². The van der Waals surface area contributed by atoms with Crippen molar-refractivity contribution in [3.63, 3.8) is 0 Å². The first-order valence-corrected chi connectivity index (χ1v) is 3.86. The maximum Gasteiger partial charge on any atom is 0.223 e. The Morgan fingerprint density at radius 3 is 2.92 bits per heavy atom. The summed E-state index contributed by atoms with van der Waals surface area (Å²) in [5.41, 5.74) is 5.58. The van der Waals surface area contributed by atoms with Gasteiger partial charge < -0.3 is 5.73 Å². The van der Waals surface area contributed by atoms with E-state index in [1.165, 1.54) is 6.20 Å². The molecular formula is C7H5Cl2N3. The molecule has 0 atom stereocenters. The summed E-state index contributed by atoms with van der Waals surface area (Å²) < 4.78 is 0. The van der Waals surface area contributed by atoms with Gasteiger partial charge in [0.1, 0.15) is 5.69 Å². The number of hydrogen-bond acceptors (Lipinski definition) is 3. The first kappa shape index (κ1) is 9.27. The van der Waals surface area contributed by atoms with Crippen LogP contribution >= 0.6 is 23.2 Å². The summed E-state index contributed by atoms with van der Waals surface area (Å²) in [5.74, 6) is 5.29. The van der Waals surface area contributed by atoms with E-state index < -0.39 is 0 Å². The van der Waals surface area contributed by atoms with Crippen LogP contribution in [0.3, 0.4) is 0 Å². The highest BCUT2D eigenvalue weighted by Crippen LogP contribution is 2.12. The zero-order chi connectivity index (χ0) is 8.97. The van der Waals surface area contributed by atoms with E-state index in [9.17, 15) is 0 Å². The van der Waals surface area contributed by atoms with Gasteiger partial charge in [0.25, 0.3) is 0 Å². The van der Waals surface area contributed by atoms with Gasteiger partial charge in [-0.15, -0.1) is 0 Å². The van der Waals surface area contributed by atoms with Crippen LogP contribution < -0.4 is 5.73 Å². The molecule has 12 heavy (non-hydrogen) atoms. The van der Waals surface area contributed by atoms with Crippen LogP contribution in [0.4, 0.5) is 0 Å². The minimum absolute atomic E-state index is 0.126. The van der Waals surface area contributed by atoms with Crippen molar-refractivity contribution in [2.75, 3.05) is 6.54 Å². The van der Waals surface area contributed by atoms with E-state index in [0.717, 1.165) is 0 Å². The maximum absolute atomic E-state index is 5.70. The molecule has 1 heterocycles. The number of rotatable bonds is 0. The van der Waals surface area contributed by atoms with Gasteiger partial charge in [-0.25, -0.2) is 9.97 Å². The number of hydrogen-bond donors (Lipinski definition) is 1. The van der Waals surface area contributed by atoms with Crippen LogP contribution in [0.25, 0.3) is 0 Å². The van der Waals surface area contributed by atoms with E-state index in [-0.39, 0.29) is 11.8 Å². The molecule has 0 fully saturated rings. The van der Waals surface area contributed by atoms with Crippen LogP contribution in [0.1, 0.15) is 5.69 Å². The normalized spacial score (nSPS) is 8.92. The van der Waals surface area contributed by atoms with Crippen LogP contribution in [0.5, 0.6) is 0 Å². The highest BCUT2D eigenvalue weighted by molar-refractivity contribution is 6.32. The topological polar surface area (TPSA) is 51.8 Å². The Morgan fingerprint density at radius 2 is 2.25 bits per heavy atom. The second-order valence-electron chi connectivity index (χ2n) is 1.84. The third-order valence-electron chi connectivity index (χ3n) is 1.02. The molecular weight excluding hydrogens is 197 g/mol. The summed E-state index contributed by atoms with van der Waals surface area (Å²) >= 11 is 11.2. The lowest BCUT2D eigenvalue weighted by molar-refractivity contribution is 1.15. The number of halogens is 2. The minimum Gasteiger partial charge on any atom is -0.320 e. The lowest BCUT2D eigenvalue weighted by Gasteiger charge is -1.93. The highest BCUT2D eigenvalue weighted by Gasteiger charge is 1.99. The lowest BCUT2D eigenvalue weighted by Crippen LogP contribution is -1.94. The van der Waals surface area contributed by atoms with E-state index in [0.29, 0.717) is 10.7 Å². The van der Waals surface area contributed by atoms with Gasteiger partial charge in [0, 0.05) is 0 Å². The van der Waals surface area contributed by atoms with Crippen molar-refractivity contribution >= 4 is 23.2 Å². The van der Waals surface area contributed by atoms with Crippen molar-refractivity contribution in [3.05, 3.63) is 22.2 Å². The summed E-state index contributed by atoms with van der Waals surface area (Å²) in [6.45, 7) is 0.262. The Kier molecular flexibility index (Phi) is 3.30. The molecule has 2 N–H and O–H groups in total. The standard InChI is InChI=1S/C7H5Cl2N3/c8-5-4-11-7(9)12-6(5)2-1-3-10/h4H,3,10H2. The van der Waals surface area contributed by atoms with Gasteiger partial charge in [-0.1, -0.05) is 17.5 Å². The summed E-state index contributed by atoms with van der Waals surface area (Å²) in [7, 11) is 0. The van der Waals surface area contributed by atoms with Crippen LogP contribution in [0.15, 0.2) is 6.20 Å². The zero-order valence-electron chi connectivity index (χ0n) is 6.01. The molecule has 0 saturated heterocycles. The first-order chi connectivity index (χ1) is 5.74. The molecule has 0 aliphatic heterocycles. The van der Waals surface area contributed by atoms with E-state index in [2.05, 4.69) is 21.8 Å². The van der Waals surface area contributed by atoms with Gasteiger partial charge in [0.15, 0.2) is 0 Å². The highest BCUT2D eigenvalue weighted by atomic mass is 35.5. The van der Waals surface area contributed by atoms with Crippen LogP contribution in [0.2, 0.25) is 10.3 Å². The van der Waals surface area contributed by atoms with Crippen molar-refractivity contribution < 1.29 is 0 Å². The average Bonchev–Trinajstić information content (AvgIpc) is 2.07. The molecule has 0 aliphatic rings. The quantitative estimate of drug-likeness (QED) is 0.506. The van der Waals surface area contributed by atoms with Gasteiger partial charge in [-0.2, -0.15) is 0 Å². The smallest absolute Gasteiger partial charge is 0.223 e. The van der Waals surface area contributed by atoms with Gasteiger partial charge in [0.2, 0.25) is 5.28 Å². The van der Waals surface area contributed by atoms with Crippen LogP contribution in [-0.2, 0) is 0 Å². The molecule has 0 spiro atoms. The zero-order valence-corrected chi connectivity index (χ0v) is 7.52. The first-order valence-electron chi connectivity index (χ1n) is 3.11. The van der Waals surface area contributed by atoms with Gasteiger partial charge in [-0.3, -0.25) is 0 Å². The number of nitrogens with two attached hydrogens (primary N) is 1. The third kappa shape index (κ3) is 2.35. The van der Waals surface area contributed by atoms with E-state index in [4.69, 9.17) is 28.9 Å². The Balaban J connectivity index is 3.05. The second kappa shape index (κ2) is 4.27. The van der Waals surface area contributed by atoms with Crippen molar-refractivity contribution in [2.24, 2.45) is 5.73 Å². The average molecular weight is 202 g/mol. The molecule has 5 heteroatoms. The Bertz CT molecular complexity index is 340. The molecule has 0 unspecified atom stereocenters. The molecule has 1 aromatic rings. The fourth-order valence-corrected chi connectivity index (χ4v) is 0.840. The van der Waals surface area contributed by atoms with Gasteiger partial charge in [-0.05, 0) is 17.5 Å². The Morgan fingerprint density at radius 1 is 1.50 bits per heavy atom. The van der Waals surface area contributed by atoms with Gasteiger partial charge in [0.05, 0.1) is 17.8 Å². The molecule has 0 aliphatic carbocycles. The summed E-state index contributed by atoms with van der Waals surface area (Å²) in [6, 6.07) is 0. The van der Waals surface area contributed by atoms with E-state index in [1.54, 1.807) is 0 Å². The third-order valence-corrected chi connectivity index (χ3v) is 1.48. The van der Waals surface area contributed by atoms with Crippen molar-refractivity contribution in [1.82, 2.24) is 9.97 Å². The lowest BCUT2D eigenvalue weighted by atomic mass is 10.4. The van der Waals surface area contributed by atoms with Gasteiger partial charge >= 0.3 is 0 Å². The SMILES string of the molecule is NCC#Cc1nc(Cl)ncc1Cl. The predicted molar refractivity (Wildman–Crippen MR) is 48.0 cm³/mol. The predicted octanol–water partition coefficient (Wildman–Crippen LogP) is 1.09. The summed E-state index contributed by atoms with van der Waals surface area (Å²) in [6.07, 6.45) is 1.40. The molecule has 0 saturated carbocycles. The molecule has 3 nitrogen and oxygen atoms in total. The molecule has 1 rings (SSSR count). The number of aromatic nitrogens is 2.